The Morgan fingerprint density at radius 3 is 2.69 bits per heavy atom. The molecule has 0 aromatic carbocycles. The highest BCUT2D eigenvalue weighted by Gasteiger charge is 2.75. The third kappa shape index (κ3) is 2.86. The molecule has 0 saturated carbocycles. The number of thioether (sulfide) groups is 1. The zero-order chi connectivity index (χ0) is 19.2. The number of alkyl halides is 1. The first-order chi connectivity index (χ1) is 12.3. The molecule has 26 heavy (non-hydrogen) atoms. The monoisotopic (exact) mass is 447 g/mol. The van der Waals surface area contributed by atoms with Crippen LogP contribution in [-0.2, 0) is 14.4 Å². The van der Waals surface area contributed by atoms with Gasteiger partial charge >= 0.3 is 0 Å². The van der Waals surface area contributed by atoms with Crippen molar-refractivity contribution in [2.45, 2.75) is 53.6 Å². The molecule has 2 bridgehead atoms. The van der Waals surface area contributed by atoms with E-state index < -0.39 is 22.6 Å². The molecule has 6 atom stereocenters. The third-order valence-electron chi connectivity index (χ3n) is 5.57. The van der Waals surface area contributed by atoms with Gasteiger partial charge in [-0.05, 0) is 26.7 Å². The molecule has 9 heteroatoms. The Balaban J connectivity index is 2.02. The predicted octanol–water partition coefficient (Wildman–Crippen LogP) is 0.104. The smallest absolute Gasteiger partial charge is 0.244 e. The molecule has 1 spiro atoms. The summed E-state index contributed by atoms with van der Waals surface area (Å²) in [6.07, 6.45) is 1.09. The van der Waals surface area contributed by atoms with Gasteiger partial charge in [0, 0.05) is 36.3 Å². The molecule has 7 nitrogen and oxygen atoms in total. The minimum atomic E-state index is -0.612. The summed E-state index contributed by atoms with van der Waals surface area (Å²) < 4.78 is -0.596. The van der Waals surface area contributed by atoms with Crippen molar-refractivity contribution in [1.29, 1.82) is 0 Å². The molecule has 3 N–H and O–H groups in total. The quantitative estimate of drug-likeness (QED) is 0.501. The van der Waals surface area contributed by atoms with Gasteiger partial charge in [0.15, 0.2) is 0 Å². The number of halogens is 1. The number of aliphatic hydroxyl groups is 1. The summed E-state index contributed by atoms with van der Waals surface area (Å²) in [7, 11) is 1.58. The SMILES string of the molecule is CNC(=O)[C@H]1[C@@H]2SC3(CC2Br)C(C(=O)NC(C)C)N(CCCO)C(=O)[C@H]13. The van der Waals surface area contributed by atoms with Crippen LogP contribution in [0.15, 0.2) is 0 Å². The van der Waals surface area contributed by atoms with Gasteiger partial charge in [0.2, 0.25) is 17.7 Å². The summed E-state index contributed by atoms with van der Waals surface area (Å²) in [5, 5.41) is 14.8. The summed E-state index contributed by atoms with van der Waals surface area (Å²) >= 11 is 5.30. The van der Waals surface area contributed by atoms with Crippen LogP contribution in [0.4, 0.5) is 0 Å². The van der Waals surface area contributed by atoms with Crippen LogP contribution in [0.5, 0.6) is 0 Å². The first-order valence-electron chi connectivity index (χ1n) is 9.03. The number of amides is 3. The molecule has 3 rings (SSSR count). The maximum absolute atomic E-state index is 13.3. The lowest BCUT2D eigenvalue weighted by atomic mass is 9.70. The van der Waals surface area contributed by atoms with Crippen molar-refractivity contribution in [2.24, 2.45) is 11.8 Å². The van der Waals surface area contributed by atoms with E-state index in [0.29, 0.717) is 19.4 Å². The van der Waals surface area contributed by atoms with Gasteiger partial charge < -0.3 is 20.6 Å². The van der Waals surface area contributed by atoms with Crippen LogP contribution >= 0.6 is 27.7 Å². The summed E-state index contributed by atoms with van der Waals surface area (Å²) in [6.45, 7) is 4.06. The number of fused-ring (bicyclic) bond motifs is 1. The molecule has 3 heterocycles. The van der Waals surface area contributed by atoms with E-state index in [9.17, 15) is 19.5 Å². The first-order valence-corrected chi connectivity index (χ1v) is 10.8. The van der Waals surface area contributed by atoms with Crippen molar-refractivity contribution in [3.8, 4) is 0 Å². The van der Waals surface area contributed by atoms with Crippen molar-refractivity contribution in [3.63, 3.8) is 0 Å². The summed E-state index contributed by atoms with van der Waals surface area (Å²) in [6, 6.07) is -0.649. The zero-order valence-electron chi connectivity index (χ0n) is 15.2. The Morgan fingerprint density at radius 1 is 1.42 bits per heavy atom. The van der Waals surface area contributed by atoms with E-state index in [4.69, 9.17) is 0 Å². The number of hydrogen-bond acceptors (Lipinski definition) is 5. The van der Waals surface area contributed by atoms with Gasteiger partial charge in [-0.25, -0.2) is 0 Å². The lowest BCUT2D eigenvalue weighted by Gasteiger charge is -2.35. The lowest BCUT2D eigenvalue weighted by Crippen LogP contribution is -2.55. The van der Waals surface area contributed by atoms with Crippen LogP contribution in [0.2, 0.25) is 0 Å². The molecule has 3 saturated heterocycles. The van der Waals surface area contributed by atoms with Crippen molar-refractivity contribution < 1.29 is 19.5 Å². The molecule has 0 aromatic heterocycles. The Hall–Kier alpha value is -0.800. The first kappa shape index (κ1) is 19.9. The van der Waals surface area contributed by atoms with E-state index in [1.807, 2.05) is 13.8 Å². The van der Waals surface area contributed by atoms with Gasteiger partial charge in [0.1, 0.15) is 6.04 Å². The van der Waals surface area contributed by atoms with Gasteiger partial charge in [0.25, 0.3) is 0 Å². The van der Waals surface area contributed by atoms with E-state index >= 15 is 0 Å². The molecule has 3 aliphatic rings. The summed E-state index contributed by atoms with van der Waals surface area (Å²) in [4.78, 5) is 40.6. The minimum Gasteiger partial charge on any atom is -0.396 e. The molecule has 0 aromatic rings. The van der Waals surface area contributed by atoms with Crippen LogP contribution in [-0.4, -0.2) is 74.8 Å². The molecular weight excluding hydrogens is 422 g/mol. The molecule has 3 fully saturated rings. The van der Waals surface area contributed by atoms with Crippen LogP contribution in [0.25, 0.3) is 0 Å². The zero-order valence-corrected chi connectivity index (χ0v) is 17.6. The van der Waals surface area contributed by atoms with Crippen molar-refractivity contribution >= 4 is 45.4 Å². The van der Waals surface area contributed by atoms with E-state index in [0.717, 1.165) is 0 Å². The second-order valence-corrected chi connectivity index (χ2v) is 10.3. The maximum Gasteiger partial charge on any atom is 0.244 e. The Labute approximate surface area is 166 Å². The topological polar surface area (TPSA) is 98.7 Å². The fourth-order valence-electron chi connectivity index (χ4n) is 4.74. The summed E-state index contributed by atoms with van der Waals surface area (Å²) in [5.41, 5.74) is 0. The third-order valence-corrected chi connectivity index (χ3v) is 8.79. The largest absolute Gasteiger partial charge is 0.396 e. The average Bonchev–Trinajstić information content (AvgIpc) is 3.15. The number of carbonyl (C=O) groups is 3. The molecule has 0 aliphatic carbocycles. The van der Waals surface area contributed by atoms with Crippen molar-refractivity contribution in [2.75, 3.05) is 20.2 Å². The average molecular weight is 448 g/mol. The fraction of sp³-hybridized carbons (Fsp3) is 0.824. The van der Waals surface area contributed by atoms with E-state index in [1.165, 1.54) is 0 Å². The predicted molar refractivity (Wildman–Crippen MR) is 103 cm³/mol. The van der Waals surface area contributed by atoms with E-state index in [1.54, 1.807) is 23.7 Å². The van der Waals surface area contributed by atoms with Crippen molar-refractivity contribution in [1.82, 2.24) is 15.5 Å². The Kier molecular flexibility index (Phi) is 5.61. The normalized spacial score (nSPS) is 38.0. The van der Waals surface area contributed by atoms with E-state index in [-0.39, 0.29) is 40.4 Å². The van der Waals surface area contributed by atoms with Gasteiger partial charge in [0.05, 0.1) is 16.6 Å². The van der Waals surface area contributed by atoms with Gasteiger partial charge in [-0.1, -0.05) is 15.9 Å². The Bertz CT molecular complexity index is 619. The molecule has 146 valence electrons. The number of carbonyl (C=O) groups excluding carboxylic acids is 3. The minimum absolute atomic E-state index is 0.0155. The van der Waals surface area contributed by atoms with Crippen LogP contribution in [0, 0.1) is 11.8 Å². The van der Waals surface area contributed by atoms with Crippen LogP contribution in [0.3, 0.4) is 0 Å². The number of nitrogens with one attached hydrogen (secondary N) is 2. The van der Waals surface area contributed by atoms with Crippen molar-refractivity contribution in [3.05, 3.63) is 0 Å². The number of likely N-dealkylation sites (tertiary alicyclic amines) is 1. The molecule has 3 amide bonds. The van der Waals surface area contributed by atoms with E-state index in [2.05, 4.69) is 26.6 Å². The van der Waals surface area contributed by atoms with Gasteiger partial charge in [-0.2, -0.15) is 0 Å². The van der Waals surface area contributed by atoms with Gasteiger partial charge in [-0.15, -0.1) is 11.8 Å². The molecule has 3 unspecified atom stereocenters. The Morgan fingerprint density at radius 2 is 2.12 bits per heavy atom. The fourth-order valence-corrected chi connectivity index (χ4v) is 8.35. The highest BCUT2D eigenvalue weighted by molar-refractivity contribution is 9.09. The number of rotatable bonds is 6. The van der Waals surface area contributed by atoms with Crippen LogP contribution < -0.4 is 10.6 Å². The lowest BCUT2D eigenvalue weighted by molar-refractivity contribution is -0.140. The highest BCUT2D eigenvalue weighted by atomic mass is 79.9. The second-order valence-electron chi connectivity index (χ2n) is 7.55. The van der Waals surface area contributed by atoms with Crippen LogP contribution in [0.1, 0.15) is 26.7 Å². The highest BCUT2D eigenvalue weighted by Crippen LogP contribution is 2.67. The second kappa shape index (κ2) is 7.31. The number of nitrogens with zero attached hydrogens (tertiary/aromatic N) is 1. The summed E-state index contributed by atoms with van der Waals surface area (Å²) in [5.74, 6) is -1.37. The molecule has 0 radical (unpaired) electrons. The van der Waals surface area contributed by atoms with Gasteiger partial charge in [-0.3, -0.25) is 14.4 Å². The molecule has 3 aliphatic heterocycles. The molecular formula is C17H26BrN3O4S. The standard InChI is InChI=1S/C17H26BrN3O4S/c1-8(2)20-15(24)13-17-7-9(18)12(26-17)10(14(23)19-3)11(17)16(25)21(13)5-4-6-22/h8-13,22H,4-7H2,1-3H3,(H,19,23)(H,20,24)/t9?,10-,11+,12-,13?,17?/m1/s1. The maximum atomic E-state index is 13.3. The number of hydrogen-bond donors (Lipinski definition) is 3. The number of aliphatic hydroxyl groups excluding tert-OH is 1.